The van der Waals surface area contributed by atoms with E-state index in [1.54, 1.807) is 7.11 Å². The summed E-state index contributed by atoms with van der Waals surface area (Å²) in [5.41, 5.74) is 2.32. The number of halogens is 1. The zero-order valence-corrected chi connectivity index (χ0v) is 20.1. The van der Waals surface area contributed by atoms with Gasteiger partial charge >= 0.3 is 0 Å². The highest BCUT2D eigenvalue weighted by Gasteiger charge is 2.23. The highest BCUT2D eigenvalue weighted by Crippen LogP contribution is 2.21. The highest BCUT2D eigenvalue weighted by atomic mass is 127. The molecular formula is C21H37IN4O2. The molecule has 1 aromatic rings. The maximum atomic E-state index is 5.77. The standard InChI is InChI=1S/C21H36N4O2.HI/c1-5-22-21(24-16-19-8-7-11-25(19)12-13-26-4)23-15-18-10-9-17(3)14-20(18)27-6-2;/h9-10,14,19H,5-8,11-13,15-16H2,1-4H3,(H2,22,23,24);1H. The lowest BCUT2D eigenvalue weighted by Crippen LogP contribution is -2.45. The van der Waals surface area contributed by atoms with E-state index in [9.17, 15) is 0 Å². The van der Waals surface area contributed by atoms with Crippen molar-refractivity contribution in [2.24, 2.45) is 4.99 Å². The van der Waals surface area contributed by atoms with Crippen LogP contribution in [-0.2, 0) is 11.3 Å². The van der Waals surface area contributed by atoms with Crippen LogP contribution in [0.1, 0.15) is 37.8 Å². The van der Waals surface area contributed by atoms with Crippen molar-refractivity contribution < 1.29 is 9.47 Å². The minimum absolute atomic E-state index is 0. The molecule has 0 saturated carbocycles. The monoisotopic (exact) mass is 504 g/mol. The summed E-state index contributed by atoms with van der Waals surface area (Å²) in [6.45, 7) is 12.1. The van der Waals surface area contributed by atoms with Crippen molar-refractivity contribution in [2.45, 2.75) is 46.2 Å². The average Bonchev–Trinajstić information content (AvgIpc) is 3.11. The van der Waals surface area contributed by atoms with Gasteiger partial charge in [-0.05, 0) is 51.8 Å². The van der Waals surface area contributed by atoms with Crippen LogP contribution in [0.5, 0.6) is 5.75 Å². The van der Waals surface area contributed by atoms with E-state index in [1.165, 1.54) is 18.4 Å². The third kappa shape index (κ3) is 8.13. The Balaban J connectivity index is 0.00000392. The molecule has 1 aliphatic rings. The van der Waals surface area contributed by atoms with E-state index in [2.05, 4.69) is 47.6 Å². The summed E-state index contributed by atoms with van der Waals surface area (Å²) in [5.74, 6) is 1.79. The lowest BCUT2D eigenvalue weighted by atomic mass is 10.1. The maximum absolute atomic E-state index is 5.77. The number of nitrogens with zero attached hydrogens (tertiary/aromatic N) is 2. The number of guanidine groups is 1. The van der Waals surface area contributed by atoms with Crippen LogP contribution in [0.3, 0.4) is 0 Å². The number of benzene rings is 1. The highest BCUT2D eigenvalue weighted by molar-refractivity contribution is 14.0. The second kappa shape index (κ2) is 14.0. The van der Waals surface area contributed by atoms with Gasteiger partial charge in [0, 0.05) is 38.3 Å². The summed E-state index contributed by atoms with van der Waals surface area (Å²) in [6, 6.07) is 6.85. The first kappa shape index (κ1) is 25.0. The van der Waals surface area contributed by atoms with Crippen molar-refractivity contribution in [3.63, 3.8) is 0 Å². The smallest absolute Gasteiger partial charge is 0.191 e. The van der Waals surface area contributed by atoms with Crippen molar-refractivity contribution in [3.05, 3.63) is 29.3 Å². The number of aliphatic imine (C=N–C) groups is 1. The molecule has 1 fully saturated rings. The van der Waals surface area contributed by atoms with Crippen molar-refractivity contribution in [1.82, 2.24) is 15.5 Å². The molecule has 0 aromatic heterocycles. The van der Waals surface area contributed by atoms with E-state index in [4.69, 9.17) is 14.5 Å². The van der Waals surface area contributed by atoms with E-state index >= 15 is 0 Å². The second-order valence-corrected chi connectivity index (χ2v) is 6.95. The number of rotatable bonds is 10. The Hall–Kier alpha value is -1.06. The van der Waals surface area contributed by atoms with Gasteiger partial charge in [0.2, 0.25) is 0 Å². The Labute approximate surface area is 187 Å². The van der Waals surface area contributed by atoms with Gasteiger partial charge in [-0.3, -0.25) is 4.90 Å². The predicted octanol–water partition coefficient (Wildman–Crippen LogP) is 3.18. The molecule has 0 aliphatic carbocycles. The zero-order chi connectivity index (χ0) is 19.5. The van der Waals surface area contributed by atoms with E-state index in [-0.39, 0.29) is 24.0 Å². The fourth-order valence-electron chi connectivity index (χ4n) is 3.43. The Morgan fingerprint density at radius 1 is 1.29 bits per heavy atom. The molecule has 1 unspecified atom stereocenters. The first-order valence-electron chi connectivity index (χ1n) is 10.1. The SMILES string of the molecule is CCNC(=NCc1ccc(C)cc1OCC)NCC1CCCN1CCOC.I. The molecule has 0 amide bonds. The molecule has 1 atom stereocenters. The second-order valence-electron chi connectivity index (χ2n) is 6.95. The molecule has 1 aromatic carbocycles. The Kier molecular flexibility index (Phi) is 12.5. The van der Waals surface area contributed by atoms with Crippen molar-refractivity contribution in [3.8, 4) is 5.75 Å². The molecule has 28 heavy (non-hydrogen) atoms. The molecule has 1 heterocycles. The van der Waals surface area contributed by atoms with Gasteiger partial charge < -0.3 is 20.1 Å². The maximum Gasteiger partial charge on any atom is 0.191 e. The third-order valence-corrected chi connectivity index (χ3v) is 4.86. The third-order valence-electron chi connectivity index (χ3n) is 4.86. The van der Waals surface area contributed by atoms with Gasteiger partial charge in [-0.25, -0.2) is 4.99 Å². The number of ether oxygens (including phenoxy) is 2. The zero-order valence-electron chi connectivity index (χ0n) is 17.8. The molecule has 2 N–H and O–H groups in total. The summed E-state index contributed by atoms with van der Waals surface area (Å²) in [4.78, 5) is 7.28. The van der Waals surface area contributed by atoms with Crippen molar-refractivity contribution in [2.75, 3.05) is 46.5 Å². The fraction of sp³-hybridized carbons (Fsp3) is 0.667. The van der Waals surface area contributed by atoms with Crippen molar-refractivity contribution in [1.29, 1.82) is 0 Å². The molecule has 0 radical (unpaired) electrons. The van der Waals surface area contributed by atoms with Crippen LogP contribution in [0.25, 0.3) is 0 Å². The van der Waals surface area contributed by atoms with Crippen LogP contribution in [-0.4, -0.2) is 63.4 Å². The van der Waals surface area contributed by atoms with Gasteiger partial charge in [-0.2, -0.15) is 0 Å². The number of hydrogen-bond acceptors (Lipinski definition) is 4. The largest absolute Gasteiger partial charge is 0.494 e. The van der Waals surface area contributed by atoms with Crippen LogP contribution >= 0.6 is 24.0 Å². The molecule has 6 nitrogen and oxygen atoms in total. The van der Waals surface area contributed by atoms with Gasteiger partial charge in [0.05, 0.1) is 19.8 Å². The van der Waals surface area contributed by atoms with Crippen LogP contribution in [0.2, 0.25) is 0 Å². The molecule has 1 saturated heterocycles. The number of hydrogen-bond donors (Lipinski definition) is 2. The van der Waals surface area contributed by atoms with Gasteiger partial charge in [-0.15, -0.1) is 24.0 Å². The molecule has 0 spiro atoms. The summed E-state index contributed by atoms with van der Waals surface area (Å²) in [5, 5.41) is 6.87. The first-order valence-corrected chi connectivity index (χ1v) is 10.1. The van der Waals surface area contributed by atoms with Crippen molar-refractivity contribution >= 4 is 29.9 Å². The Bertz CT molecular complexity index is 598. The number of nitrogens with one attached hydrogen (secondary N) is 2. The molecule has 0 bridgehead atoms. The Morgan fingerprint density at radius 3 is 2.82 bits per heavy atom. The summed E-state index contributed by atoms with van der Waals surface area (Å²) >= 11 is 0. The van der Waals surface area contributed by atoms with Crippen LogP contribution in [0.15, 0.2) is 23.2 Å². The van der Waals surface area contributed by atoms with Gasteiger partial charge in [0.15, 0.2) is 5.96 Å². The van der Waals surface area contributed by atoms with Gasteiger partial charge in [0.1, 0.15) is 5.75 Å². The van der Waals surface area contributed by atoms with E-state index in [0.29, 0.717) is 19.2 Å². The normalized spacial score (nSPS) is 17.3. The number of methoxy groups -OCH3 is 1. The van der Waals surface area contributed by atoms with Gasteiger partial charge in [0.25, 0.3) is 0 Å². The molecule has 160 valence electrons. The first-order chi connectivity index (χ1) is 13.2. The fourth-order valence-corrected chi connectivity index (χ4v) is 3.43. The quantitative estimate of drug-likeness (QED) is 0.291. The summed E-state index contributed by atoms with van der Waals surface area (Å²) in [6.07, 6.45) is 2.48. The van der Waals surface area contributed by atoms with Crippen LogP contribution in [0.4, 0.5) is 0 Å². The van der Waals surface area contributed by atoms with Crippen LogP contribution < -0.4 is 15.4 Å². The predicted molar refractivity (Wildman–Crippen MR) is 127 cm³/mol. The van der Waals surface area contributed by atoms with E-state index < -0.39 is 0 Å². The lowest BCUT2D eigenvalue weighted by Gasteiger charge is -2.25. The average molecular weight is 504 g/mol. The molecular weight excluding hydrogens is 467 g/mol. The van der Waals surface area contributed by atoms with Gasteiger partial charge in [-0.1, -0.05) is 12.1 Å². The van der Waals surface area contributed by atoms with E-state index in [0.717, 1.165) is 50.1 Å². The summed E-state index contributed by atoms with van der Waals surface area (Å²) < 4.78 is 11.0. The molecule has 2 rings (SSSR count). The summed E-state index contributed by atoms with van der Waals surface area (Å²) in [7, 11) is 1.76. The number of likely N-dealkylation sites (tertiary alicyclic amines) is 1. The number of aryl methyl sites for hydroxylation is 1. The van der Waals surface area contributed by atoms with Crippen LogP contribution in [0, 0.1) is 6.92 Å². The topological polar surface area (TPSA) is 58.1 Å². The Morgan fingerprint density at radius 2 is 2.11 bits per heavy atom. The minimum Gasteiger partial charge on any atom is -0.494 e. The molecule has 7 heteroatoms. The minimum atomic E-state index is 0. The molecule has 1 aliphatic heterocycles. The van der Waals surface area contributed by atoms with E-state index in [1.807, 2.05) is 6.92 Å². The lowest BCUT2D eigenvalue weighted by molar-refractivity contribution is 0.141.